The van der Waals surface area contributed by atoms with Crippen LogP contribution < -0.4 is 5.32 Å². The zero-order chi connectivity index (χ0) is 13.4. The first-order valence-corrected chi connectivity index (χ1v) is 8.31. The molecule has 106 valence electrons. The van der Waals surface area contributed by atoms with Gasteiger partial charge in [0.25, 0.3) is 0 Å². The van der Waals surface area contributed by atoms with Gasteiger partial charge in [-0.25, -0.2) is 0 Å². The summed E-state index contributed by atoms with van der Waals surface area (Å²) >= 11 is 2.11. The molecule has 0 radical (unpaired) electrons. The van der Waals surface area contributed by atoms with E-state index in [1.54, 1.807) is 0 Å². The first-order valence-electron chi connectivity index (χ1n) is 7.26. The Morgan fingerprint density at radius 1 is 1.44 bits per heavy atom. The average molecular weight is 271 g/mol. The zero-order valence-electron chi connectivity index (χ0n) is 12.4. The molecule has 1 saturated heterocycles. The van der Waals surface area contributed by atoms with Crippen LogP contribution in [0, 0.1) is 5.92 Å². The van der Waals surface area contributed by atoms with Gasteiger partial charge in [0.15, 0.2) is 5.96 Å². The third-order valence-corrected chi connectivity index (χ3v) is 4.95. The highest BCUT2D eigenvalue weighted by molar-refractivity contribution is 8.00. The third kappa shape index (κ3) is 5.09. The predicted molar refractivity (Wildman–Crippen MR) is 83.5 cm³/mol. The van der Waals surface area contributed by atoms with Crippen molar-refractivity contribution in [3.8, 4) is 0 Å². The number of hydrogen-bond donors (Lipinski definition) is 1. The fraction of sp³-hybridized carbons (Fsp3) is 0.929. The second kappa shape index (κ2) is 8.68. The summed E-state index contributed by atoms with van der Waals surface area (Å²) in [5.74, 6) is 3.06. The molecular weight excluding hydrogens is 242 g/mol. The number of thioether (sulfide) groups is 1. The zero-order valence-corrected chi connectivity index (χ0v) is 13.2. The number of guanidine groups is 1. The van der Waals surface area contributed by atoms with Crippen molar-refractivity contribution in [2.45, 2.75) is 45.3 Å². The van der Waals surface area contributed by atoms with Gasteiger partial charge in [0, 0.05) is 37.7 Å². The van der Waals surface area contributed by atoms with Crippen LogP contribution in [-0.2, 0) is 0 Å². The molecule has 1 rings (SSSR count). The maximum absolute atomic E-state index is 4.43. The van der Waals surface area contributed by atoms with E-state index in [9.17, 15) is 0 Å². The molecule has 3 nitrogen and oxygen atoms in total. The van der Waals surface area contributed by atoms with E-state index in [0.717, 1.165) is 36.8 Å². The summed E-state index contributed by atoms with van der Waals surface area (Å²) in [4.78, 5) is 6.85. The van der Waals surface area contributed by atoms with Gasteiger partial charge in [-0.3, -0.25) is 4.99 Å². The Kier molecular flexibility index (Phi) is 7.56. The summed E-state index contributed by atoms with van der Waals surface area (Å²) < 4.78 is 0. The van der Waals surface area contributed by atoms with Crippen LogP contribution in [0.2, 0.25) is 0 Å². The van der Waals surface area contributed by atoms with Crippen LogP contribution in [0.4, 0.5) is 0 Å². The van der Waals surface area contributed by atoms with Crippen LogP contribution in [0.5, 0.6) is 0 Å². The smallest absolute Gasteiger partial charge is 0.193 e. The molecule has 0 spiro atoms. The molecule has 1 aliphatic rings. The van der Waals surface area contributed by atoms with Gasteiger partial charge in [-0.2, -0.15) is 11.8 Å². The van der Waals surface area contributed by atoms with Gasteiger partial charge in [0.2, 0.25) is 0 Å². The average Bonchev–Trinajstić information content (AvgIpc) is 2.39. The Bertz CT molecular complexity index is 253. The number of unbranched alkanes of at least 4 members (excludes halogenated alkanes) is 2. The van der Waals surface area contributed by atoms with E-state index < -0.39 is 0 Å². The normalized spacial score (nSPS) is 21.5. The quantitative estimate of drug-likeness (QED) is 0.473. The summed E-state index contributed by atoms with van der Waals surface area (Å²) in [6.45, 7) is 10.2. The first kappa shape index (κ1) is 15.7. The minimum absolute atomic E-state index is 0.743. The highest BCUT2D eigenvalue weighted by Crippen LogP contribution is 2.24. The highest BCUT2D eigenvalue weighted by Gasteiger charge is 2.24. The van der Waals surface area contributed by atoms with Gasteiger partial charge in [-0.05, 0) is 12.3 Å². The van der Waals surface area contributed by atoms with Crippen LogP contribution in [0.15, 0.2) is 4.99 Å². The number of hydrogen-bond acceptors (Lipinski definition) is 2. The molecule has 1 N–H and O–H groups in total. The molecule has 1 fully saturated rings. The van der Waals surface area contributed by atoms with Crippen molar-refractivity contribution in [1.29, 1.82) is 0 Å². The van der Waals surface area contributed by atoms with E-state index in [1.165, 1.54) is 25.0 Å². The van der Waals surface area contributed by atoms with Crippen LogP contribution in [0.1, 0.15) is 40.0 Å². The van der Waals surface area contributed by atoms with Crippen molar-refractivity contribution in [2.75, 3.05) is 32.4 Å². The summed E-state index contributed by atoms with van der Waals surface area (Å²) in [5.41, 5.74) is 0. The van der Waals surface area contributed by atoms with E-state index in [0.29, 0.717) is 0 Å². The lowest BCUT2D eigenvalue weighted by Crippen LogP contribution is -2.49. The molecule has 4 heteroatoms. The Hall–Kier alpha value is -0.380. The second-order valence-electron chi connectivity index (χ2n) is 5.28. The van der Waals surface area contributed by atoms with Gasteiger partial charge < -0.3 is 10.2 Å². The molecule has 0 aromatic rings. The largest absolute Gasteiger partial charge is 0.356 e. The molecule has 1 atom stereocenters. The second-order valence-corrected chi connectivity index (χ2v) is 6.63. The summed E-state index contributed by atoms with van der Waals surface area (Å²) in [6, 6.07) is 0. The molecule has 1 aliphatic heterocycles. The number of nitrogens with zero attached hydrogens (tertiary/aromatic N) is 2. The maximum atomic E-state index is 4.43. The van der Waals surface area contributed by atoms with Gasteiger partial charge in [-0.15, -0.1) is 0 Å². The molecule has 1 heterocycles. The maximum Gasteiger partial charge on any atom is 0.193 e. The Labute approximate surface area is 117 Å². The fourth-order valence-corrected chi connectivity index (χ4v) is 3.48. The molecule has 0 amide bonds. The van der Waals surface area contributed by atoms with Crippen molar-refractivity contribution < 1.29 is 0 Å². The molecule has 1 unspecified atom stereocenters. The minimum atomic E-state index is 0.743. The predicted octanol–water partition coefficient (Wildman–Crippen LogP) is 2.83. The van der Waals surface area contributed by atoms with Crippen molar-refractivity contribution in [1.82, 2.24) is 10.2 Å². The fourth-order valence-electron chi connectivity index (χ4n) is 2.18. The minimum Gasteiger partial charge on any atom is -0.356 e. The summed E-state index contributed by atoms with van der Waals surface area (Å²) in [6.07, 6.45) is 3.82. The van der Waals surface area contributed by atoms with E-state index in [4.69, 9.17) is 0 Å². The Balaban J connectivity index is 2.39. The Morgan fingerprint density at radius 2 is 2.22 bits per heavy atom. The lowest BCUT2D eigenvalue weighted by atomic mass is 10.1. The number of rotatable bonds is 5. The number of aliphatic imine (C=N–C) groups is 1. The molecule has 18 heavy (non-hydrogen) atoms. The lowest BCUT2D eigenvalue weighted by molar-refractivity contribution is 0.380. The van der Waals surface area contributed by atoms with Crippen LogP contribution in [-0.4, -0.2) is 48.5 Å². The van der Waals surface area contributed by atoms with Gasteiger partial charge >= 0.3 is 0 Å². The van der Waals surface area contributed by atoms with Crippen LogP contribution in [0.3, 0.4) is 0 Å². The van der Waals surface area contributed by atoms with Crippen LogP contribution >= 0.6 is 11.8 Å². The van der Waals surface area contributed by atoms with E-state index in [-0.39, 0.29) is 0 Å². The standard InChI is InChI=1S/C14H29N3S/c1-5-6-7-8-16-14(15-4)17-9-10-18-13(11-17)12(2)3/h12-13H,5-11H2,1-4H3,(H,15,16). The van der Waals surface area contributed by atoms with Crippen molar-refractivity contribution >= 4 is 17.7 Å². The van der Waals surface area contributed by atoms with Gasteiger partial charge in [0.05, 0.1) is 0 Å². The molecule has 0 bridgehead atoms. The van der Waals surface area contributed by atoms with E-state index >= 15 is 0 Å². The van der Waals surface area contributed by atoms with E-state index in [1.807, 2.05) is 7.05 Å². The monoisotopic (exact) mass is 271 g/mol. The number of nitrogens with one attached hydrogen (secondary N) is 1. The molecule has 0 saturated carbocycles. The third-order valence-electron chi connectivity index (χ3n) is 3.41. The van der Waals surface area contributed by atoms with Crippen molar-refractivity contribution in [2.24, 2.45) is 10.9 Å². The molecule has 0 aliphatic carbocycles. The van der Waals surface area contributed by atoms with Crippen LogP contribution in [0.25, 0.3) is 0 Å². The van der Waals surface area contributed by atoms with Crippen molar-refractivity contribution in [3.63, 3.8) is 0 Å². The van der Waals surface area contributed by atoms with Crippen molar-refractivity contribution in [3.05, 3.63) is 0 Å². The highest BCUT2D eigenvalue weighted by atomic mass is 32.2. The Morgan fingerprint density at radius 3 is 2.83 bits per heavy atom. The molecule has 0 aromatic heterocycles. The first-order chi connectivity index (χ1) is 8.69. The summed E-state index contributed by atoms with van der Waals surface area (Å²) in [7, 11) is 1.90. The van der Waals surface area contributed by atoms with Gasteiger partial charge in [-0.1, -0.05) is 33.6 Å². The van der Waals surface area contributed by atoms with E-state index in [2.05, 4.69) is 47.7 Å². The molecular formula is C14H29N3S. The van der Waals surface area contributed by atoms with Gasteiger partial charge in [0.1, 0.15) is 0 Å². The SMILES string of the molecule is CCCCCNC(=NC)N1CCSC(C(C)C)C1. The topological polar surface area (TPSA) is 27.6 Å². The molecule has 0 aromatic carbocycles. The summed E-state index contributed by atoms with van der Waals surface area (Å²) in [5, 5.41) is 4.24. The lowest BCUT2D eigenvalue weighted by Gasteiger charge is -2.36.